The van der Waals surface area contributed by atoms with Crippen LogP contribution in [0.1, 0.15) is 18.4 Å². The number of nitrogens with one attached hydrogen (secondary N) is 2. The number of hydrogen-bond acceptors (Lipinski definition) is 6. The van der Waals surface area contributed by atoms with Gasteiger partial charge in [-0.25, -0.2) is 8.42 Å². The first kappa shape index (κ1) is 23.6. The molecule has 2 amide bonds. The third kappa shape index (κ3) is 5.57. The maximum atomic E-state index is 13.0. The van der Waals surface area contributed by atoms with Crippen molar-refractivity contribution in [2.24, 2.45) is 0 Å². The van der Waals surface area contributed by atoms with Crippen molar-refractivity contribution in [3.8, 4) is 11.5 Å². The zero-order valence-electron chi connectivity index (χ0n) is 18.0. The van der Waals surface area contributed by atoms with Crippen LogP contribution in [0, 0.1) is 0 Å². The Bertz CT molecular complexity index is 1040. The predicted molar refractivity (Wildman–Crippen MR) is 118 cm³/mol. The van der Waals surface area contributed by atoms with E-state index in [4.69, 9.17) is 9.47 Å². The summed E-state index contributed by atoms with van der Waals surface area (Å²) in [4.78, 5) is 24.5. The van der Waals surface area contributed by atoms with Crippen LogP contribution in [0.15, 0.2) is 53.4 Å². The number of carbonyl (C=O) groups excluding carboxylic acids is 2. The first-order chi connectivity index (χ1) is 15.3. The number of hydrogen-bond donors (Lipinski definition) is 2. The molecule has 172 valence electrons. The van der Waals surface area contributed by atoms with Crippen molar-refractivity contribution in [2.45, 2.75) is 30.3 Å². The molecule has 10 heteroatoms. The summed E-state index contributed by atoms with van der Waals surface area (Å²) >= 11 is 0. The van der Waals surface area contributed by atoms with Crippen LogP contribution in [0.25, 0.3) is 0 Å². The molecule has 9 nitrogen and oxygen atoms in total. The van der Waals surface area contributed by atoms with Crippen molar-refractivity contribution in [1.29, 1.82) is 0 Å². The second kappa shape index (κ2) is 10.5. The molecule has 0 aromatic heterocycles. The lowest BCUT2D eigenvalue weighted by Gasteiger charge is -2.24. The highest BCUT2D eigenvalue weighted by Crippen LogP contribution is 2.26. The van der Waals surface area contributed by atoms with Crippen molar-refractivity contribution < 1.29 is 27.5 Å². The Labute approximate surface area is 187 Å². The Hall–Kier alpha value is -3.11. The highest BCUT2D eigenvalue weighted by atomic mass is 32.2. The summed E-state index contributed by atoms with van der Waals surface area (Å²) < 4.78 is 37.6. The van der Waals surface area contributed by atoms with Crippen LogP contribution in [0.3, 0.4) is 0 Å². The van der Waals surface area contributed by atoms with Gasteiger partial charge in [-0.1, -0.05) is 12.1 Å². The summed E-state index contributed by atoms with van der Waals surface area (Å²) in [6.45, 7) is 0.611. The van der Waals surface area contributed by atoms with E-state index in [-0.39, 0.29) is 18.0 Å². The number of benzene rings is 2. The maximum absolute atomic E-state index is 13.0. The molecule has 32 heavy (non-hydrogen) atoms. The van der Waals surface area contributed by atoms with Crippen molar-refractivity contribution >= 4 is 21.8 Å². The molecule has 1 fully saturated rings. The number of carbonyl (C=O) groups is 2. The number of ether oxygens (including phenoxy) is 2. The molecule has 1 heterocycles. The lowest BCUT2D eigenvalue weighted by atomic mass is 10.2. The molecule has 1 aliphatic heterocycles. The van der Waals surface area contributed by atoms with E-state index in [1.807, 2.05) is 0 Å². The van der Waals surface area contributed by atoms with Crippen molar-refractivity contribution in [2.75, 3.05) is 27.3 Å². The van der Waals surface area contributed by atoms with Crippen molar-refractivity contribution in [3.63, 3.8) is 0 Å². The van der Waals surface area contributed by atoms with Gasteiger partial charge in [0.05, 0.1) is 19.1 Å². The van der Waals surface area contributed by atoms with Gasteiger partial charge in [-0.05, 0) is 54.8 Å². The van der Waals surface area contributed by atoms with Crippen LogP contribution in [0.5, 0.6) is 11.5 Å². The molecule has 0 bridgehead atoms. The quantitative estimate of drug-likeness (QED) is 0.573. The Morgan fingerprint density at radius 1 is 0.938 bits per heavy atom. The van der Waals surface area contributed by atoms with Gasteiger partial charge in [0.2, 0.25) is 10.0 Å². The maximum Gasteiger partial charge on any atom is 0.309 e. The minimum atomic E-state index is -3.72. The van der Waals surface area contributed by atoms with Gasteiger partial charge in [-0.15, -0.1) is 0 Å². The highest BCUT2D eigenvalue weighted by molar-refractivity contribution is 7.89. The summed E-state index contributed by atoms with van der Waals surface area (Å²) in [6, 6.07) is 12.9. The molecule has 1 saturated heterocycles. The van der Waals surface area contributed by atoms with E-state index in [9.17, 15) is 18.0 Å². The zero-order valence-corrected chi connectivity index (χ0v) is 18.9. The molecular formula is C22H27N3O6S. The fourth-order valence-electron chi connectivity index (χ4n) is 3.51. The third-order valence-electron chi connectivity index (χ3n) is 5.31. The standard InChI is InChI=1S/C22H27N3O6S/c1-30-18-7-5-16(6-8-18)14-23-21(26)22(27)24-15-17-4-3-13-25(17)32(28,29)20-11-9-19(31-2)10-12-20/h5-12,17H,3-4,13-15H2,1-2H3,(H,23,26)(H,24,27)/t17-/m0/s1. The first-order valence-corrected chi connectivity index (χ1v) is 11.6. The molecule has 2 aromatic carbocycles. The van der Waals surface area contributed by atoms with Gasteiger partial charge in [0.25, 0.3) is 0 Å². The summed E-state index contributed by atoms with van der Waals surface area (Å²) in [5, 5.41) is 5.11. The van der Waals surface area contributed by atoms with E-state index in [1.165, 1.54) is 23.5 Å². The molecule has 1 aliphatic rings. The second-order valence-electron chi connectivity index (χ2n) is 7.33. The topological polar surface area (TPSA) is 114 Å². The van der Waals surface area contributed by atoms with Gasteiger partial charge in [0, 0.05) is 25.7 Å². The summed E-state index contributed by atoms with van der Waals surface area (Å²) in [5.41, 5.74) is 0.819. The molecular weight excluding hydrogens is 434 g/mol. The van der Waals surface area contributed by atoms with Crippen LogP contribution >= 0.6 is 0 Å². The van der Waals surface area contributed by atoms with Gasteiger partial charge in [0.15, 0.2) is 0 Å². The predicted octanol–water partition coefficient (Wildman–Crippen LogP) is 1.29. The molecule has 2 aromatic rings. The van der Waals surface area contributed by atoms with Gasteiger partial charge < -0.3 is 20.1 Å². The van der Waals surface area contributed by atoms with Crippen LogP contribution in [-0.4, -0.2) is 57.9 Å². The van der Waals surface area contributed by atoms with E-state index in [2.05, 4.69) is 10.6 Å². The number of sulfonamides is 1. The average Bonchev–Trinajstić information content (AvgIpc) is 3.31. The van der Waals surface area contributed by atoms with Gasteiger partial charge in [-0.3, -0.25) is 9.59 Å². The third-order valence-corrected chi connectivity index (χ3v) is 7.27. The van der Waals surface area contributed by atoms with Crippen LogP contribution in [0.4, 0.5) is 0 Å². The molecule has 0 radical (unpaired) electrons. The molecule has 0 spiro atoms. The fraction of sp³-hybridized carbons (Fsp3) is 0.364. The number of methoxy groups -OCH3 is 2. The van der Waals surface area contributed by atoms with E-state index in [1.54, 1.807) is 43.5 Å². The summed E-state index contributed by atoms with van der Waals surface area (Å²) in [7, 11) is -0.643. The van der Waals surface area contributed by atoms with Gasteiger partial charge in [-0.2, -0.15) is 4.31 Å². The fourth-order valence-corrected chi connectivity index (χ4v) is 5.20. The van der Waals surface area contributed by atoms with Gasteiger partial charge in [0.1, 0.15) is 11.5 Å². The Kier molecular flexibility index (Phi) is 7.70. The van der Waals surface area contributed by atoms with E-state index in [0.29, 0.717) is 30.9 Å². The van der Waals surface area contributed by atoms with E-state index >= 15 is 0 Å². The van der Waals surface area contributed by atoms with Crippen molar-refractivity contribution in [3.05, 3.63) is 54.1 Å². The molecule has 2 N–H and O–H groups in total. The SMILES string of the molecule is COc1ccc(CNC(=O)C(=O)NC[C@@H]2CCCN2S(=O)(=O)c2ccc(OC)cc2)cc1. The Morgan fingerprint density at radius 2 is 1.50 bits per heavy atom. The largest absolute Gasteiger partial charge is 0.497 e. The monoisotopic (exact) mass is 461 g/mol. The highest BCUT2D eigenvalue weighted by Gasteiger charge is 2.35. The minimum absolute atomic E-state index is 0.0597. The van der Waals surface area contributed by atoms with E-state index in [0.717, 1.165) is 5.56 Å². The lowest BCUT2D eigenvalue weighted by molar-refractivity contribution is -0.139. The molecule has 0 saturated carbocycles. The normalized spacial score (nSPS) is 16.4. The minimum Gasteiger partial charge on any atom is -0.497 e. The van der Waals surface area contributed by atoms with Crippen LogP contribution in [0.2, 0.25) is 0 Å². The van der Waals surface area contributed by atoms with Crippen LogP contribution < -0.4 is 20.1 Å². The summed E-state index contributed by atoms with van der Waals surface area (Å²) in [6.07, 6.45) is 1.28. The first-order valence-electron chi connectivity index (χ1n) is 10.2. The molecule has 3 rings (SSSR count). The van der Waals surface area contributed by atoms with E-state index < -0.39 is 27.9 Å². The Morgan fingerprint density at radius 3 is 2.09 bits per heavy atom. The van der Waals surface area contributed by atoms with Crippen molar-refractivity contribution in [1.82, 2.24) is 14.9 Å². The molecule has 0 unspecified atom stereocenters. The smallest absolute Gasteiger partial charge is 0.309 e. The molecule has 0 aliphatic carbocycles. The average molecular weight is 462 g/mol. The molecule has 1 atom stereocenters. The second-order valence-corrected chi connectivity index (χ2v) is 9.22. The number of amides is 2. The number of nitrogens with zero attached hydrogens (tertiary/aromatic N) is 1. The van der Waals surface area contributed by atoms with Gasteiger partial charge >= 0.3 is 11.8 Å². The lowest BCUT2D eigenvalue weighted by Crippen LogP contribution is -2.46. The summed E-state index contributed by atoms with van der Waals surface area (Å²) in [5.74, 6) is -0.311. The van der Waals surface area contributed by atoms with Crippen LogP contribution in [-0.2, 0) is 26.2 Å². The Balaban J connectivity index is 1.54. The zero-order chi connectivity index (χ0) is 23.1. The number of rotatable bonds is 8.